The summed E-state index contributed by atoms with van der Waals surface area (Å²) >= 11 is 0. The summed E-state index contributed by atoms with van der Waals surface area (Å²) in [5.74, 6) is -0.185. The molecule has 0 saturated carbocycles. The molecule has 0 spiro atoms. The van der Waals surface area contributed by atoms with Crippen molar-refractivity contribution in [1.29, 1.82) is 0 Å². The van der Waals surface area contributed by atoms with Crippen LogP contribution in [0.5, 0.6) is 5.75 Å². The highest BCUT2D eigenvalue weighted by Crippen LogP contribution is 2.28. The van der Waals surface area contributed by atoms with Crippen molar-refractivity contribution in [2.75, 3.05) is 5.73 Å². The quantitative estimate of drug-likeness (QED) is 0.466. The van der Waals surface area contributed by atoms with Crippen LogP contribution in [-0.2, 0) is 0 Å². The first kappa shape index (κ1) is 7.67. The zero-order chi connectivity index (χ0) is 9.42. The highest BCUT2D eigenvalue weighted by molar-refractivity contribution is 5.87. The average Bonchev–Trinajstić information content (AvgIpc) is 2.12. The van der Waals surface area contributed by atoms with Gasteiger partial charge < -0.3 is 15.3 Å². The number of rotatable bonds is 0. The van der Waals surface area contributed by atoms with Gasteiger partial charge in [-0.2, -0.15) is 0 Å². The van der Waals surface area contributed by atoms with Gasteiger partial charge in [-0.1, -0.05) is 0 Å². The zero-order valence-electron chi connectivity index (χ0n) is 6.65. The molecule has 0 unspecified atom stereocenters. The van der Waals surface area contributed by atoms with Crippen molar-refractivity contribution in [3.05, 3.63) is 34.7 Å². The molecule has 4 heteroatoms. The minimum absolute atomic E-state index is 0.132. The Hall–Kier alpha value is -1.97. The van der Waals surface area contributed by atoms with Crippen LogP contribution in [0.2, 0.25) is 0 Å². The van der Waals surface area contributed by atoms with E-state index < -0.39 is 0 Å². The predicted octanol–water partition coefficient (Wildman–Crippen LogP) is 1.08. The van der Waals surface area contributed by atoms with Gasteiger partial charge in [0.15, 0.2) is 16.8 Å². The Morgan fingerprint density at radius 1 is 1.31 bits per heavy atom. The van der Waals surface area contributed by atoms with Crippen LogP contribution >= 0.6 is 0 Å². The van der Waals surface area contributed by atoms with Crippen molar-refractivity contribution in [3.63, 3.8) is 0 Å². The van der Waals surface area contributed by atoms with E-state index in [1.807, 2.05) is 0 Å². The van der Waals surface area contributed by atoms with E-state index in [9.17, 15) is 9.90 Å². The lowest BCUT2D eigenvalue weighted by molar-refractivity contribution is 0.465. The molecule has 0 aliphatic carbocycles. The van der Waals surface area contributed by atoms with Crippen molar-refractivity contribution < 1.29 is 9.52 Å². The van der Waals surface area contributed by atoms with Gasteiger partial charge in [-0.15, -0.1) is 0 Å². The molecule has 66 valence electrons. The van der Waals surface area contributed by atoms with Gasteiger partial charge in [0, 0.05) is 6.07 Å². The molecule has 0 saturated heterocycles. The van der Waals surface area contributed by atoms with Gasteiger partial charge in [-0.3, -0.25) is 4.79 Å². The van der Waals surface area contributed by atoms with Crippen molar-refractivity contribution in [1.82, 2.24) is 0 Å². The van der Waals surface area contributed by atoms with E-state index in [1.54, 1.807) is 0 Å². The number of aromatic hydroxyl groups is 1. The van der Waals surface area contributed by atoms with E-state index >= 15 is 0 Å². The molecule has 1 aromatic carbocycles. The maximum atomic E-state index is 11.2. The Balaban J connectivity index is 3.03. The molecule has 2 aromatic rings. The molecule has 4 nitrogen and oxygen atoms in total. The molecule has 0 fully saturated rings. The maximum absolute atomic E-state index is 11.2. The smallest absolute Gasteiger partial charge is 0.192 e. The van der Waals surface area contributed by atoms with E-state index in [0.29, 0.717) is 5.39 Å². The highest BCUT2D eigenvalue weighted by atomic mass is 16.3. The molecule has 0 amide bonds. The largest absolute Gasteiger partial charge is 0.503 e. The fraction of sp³-hybridized carbons (Fsp3) is 0. The second-order valence-corrected chi connectivity index (χ2v) is 2.66. The van der Waals surface area contributed by atoms with Crippen LogP contribution in [0, 0.1) is 0 Å². The first-order valence-corrected chi connectivity index (χ1v) is 3.69. The molecular formula is C9H7NO3. The van der Waals surface area contributed by atoms with E-state index in [0.717, 1.165) is 0 Å². The van der Waals surface area contributed by atoms with Gasteiger partial charge in [0.2, 0.25) is 0 Å². The molecule has 1 aromatic heterocycles. The standard InChI is InChI=1S/C9H7NO3/c10-6-2-1-5-7(11)3-4-13-9(5)8(6)12/h1-4,12H,10H2. The van der Waals surface area contributed by atoms with Crippen molar-refractivity contribution >= 4 is 16.7 Å². The molecule has 0 atom stereocenters. The van der Waals surface area contributed by atoms with Gasteiger partial charge in [0.05, 0.1) is 17.3 Å². The number of anilines is 1. The first-order chi connectivity index (χ1) is 6.20. The summed E-state index contributed by atoms with van der Waals surface area (Å²) in [6.45, 7) is 0. The number of phenols is 1. The summed E-state index contributed by atoms with van der Waals surface area (Å²) in [6, 6.07) is 4.28. The van der Waals surface area contributed by atoms with Gasteiger partial charge in [0.25, 0.3) is 0 Å². The third kappa shape index (κ3) is 1.03. The number of phenolic OH excluding ortho intramolecular Hbond substituents is 1. The molecule has 1 heterocycles. The van der Waals surface area contributed by atoms with Gasteiger partial charge in [-0.25, -0.2) is 0 Å². The summed E-state index contributed by atoms with van der Waals surface area (Å²) in [6.07, 6.45) is 1.23. The number of benzene rings is 1. The van der Waals surface area contributed by atoms with Gasteiger partial charge in [0.1, 0.15) is 0 Å². The number of hydrogen-bond donors (Lipinski definition) is 2. The maximum Gasteiger partial charge on any atom is 0.192 e. The molecule has 3 N–H and O–H groups in total. The van der Waals surface area contributed by atoms with E-state index in [1.165, 1.54) is 24.5 Å². The molecule has 0 bridgehead atoms. The number of fused-ring (bicyclic) bond motifs is 1. The van der Waals surface area contributed by atoms with Crippen molar-refractivity contribution in [2.24, 2.45) is 0 Å². The molecule has 0 aliphatic rings. The van der Waals surface area contributed by atoms with Crippen LogP contribution in [-0.4, -0.2) is 5.11 Å². The van der Waals surface area contributed by atoms with Crippen LogP contribution < -0.4 is 11.2 Å². The molecule has 13 heavy (non-hydrogen) atoms. The summed E-state index contributed by atoms with van der Waals surface area (Å²) in [5.41, 5.74) is 5.55. The van der Waals surface area contributed by atoms with Crippen LogP contribution in [0.15, 0.2) is 33.7 Å². The normalized spacial score (nSPS) is 10.5. The van der Waals surface area contributed by atoms with Crippen molar-refractivity contribution in [3.8, 4) is 5.75 Å². The van der Waals surface area contributed by atoms with E-state index in [-0.39, 0.29) is 22.4 Å². The SMILES string of the molecule is Nc1ccc2c(=O)ccoc2c1O. The Bertz CT molecular complexity index is 516. The Labute approximate surface area is 73.2 Å². The minimum Gasteiger partial charge on any atom is -0.503 e. The molecule has 0 radical (unpaired) electrons. The Morgan fingerprint density at radius 2 is 2.08 bits per heavy atom. The topological polar surface area (TPSA) is 76.5 Å². The van der Waals surface area contributed by atoms with Gasteiger partial charge in [-0.05, 0) is 12.1 Å². The summed E-state index contributed by atoms with van der Waals surface area (Å²) in [5, 5.41) is 9.75. The second-order valence-electron chi connectivity index (χ2n) is 2.66. The third-order valence-corrected chi connectivity index (χ3v) is 1.83. The van der Waals surface area contributed by atoms with E-state index in [2.05, 4.69) is 0 Å². The minimum atomic E-state index is -0.198. The fourth-order valence-electron chi connectivity index (χ4n) is 1.15. The average molecular weight is 177 g/mol. The summed E-state index contributed by atoms with van der Waals surface area (Å²) < 4.78 is 4.97. The summed E-state index contributed by atoms with van der Waals surface area (Å²) in [4.78, 5) is 11.2. The van der Waals surface area contributed by atoms with Crippen LogP contribution in [0.3, 0.4) is 0 Å². The Kier molecular flexibility index (Phi) is 1.48. The number of hydrogen-bond acceptors (Lipinski definition) is 4. The lowest BCUT2D eigenvalue weighted by Crippen LogP contribution is -1.98. The van der Waals surface area contributed by atoms with Crippen LogP contribution in [0.1, 0.15) is 0 Å². The van der Waals surface area contributed by atoms with Crippen molar-refractivity contribution in [2.45, 2.75) is 0 Å². The highest BCUT2D eigenvalue weighted by Gasteiger charge is 2.07. The lowest BCUT2D eigenvalue weighted by atomic mass is 10.2. The van der Waals surface area contributed by atoms with Crippen LogP contribution in [0.25, 0.3) is 11.0 Å². The van der Waals surface area contributed by atoms with E-state index in [4.69, 9.17) is 10.2 Å². The lowest BCUT2D eigenvalue weighted by Gasteiger charge is -2.00. The predicted molar refractivity (Wildman–Crippen MR) is 48.6 cm³/mol. The fourth-order valence-corrected chi connectivity index (χ4v) is 1.15. The number of nitrogens with two attached hydrogens (primary N) is 1. The molecular weight excluding hydrogens is 170 g/mol. The zero-order valence-corrected chi connectivity index (χ0v) is 6.65. The summed E-state index contributed by atoms with van der Waals surface area (Å²) in [7, 11) is 0. The number of nitrogen functional groups attached to an aromatic ring is 1. The molecule has 0 aliphatic heterocycles. The monoisotopic (exact) mass is 177 g/mol. The molecule has 2 rings (SSSR count). The third-order valence-electron chi connectivity index (χ3n) is 1.83. The van der Waals surface area contributed by atoms with Crippen LogP contribution in [0.4, 0.5) is 5.69 Å². The van der Waals surface area contributed by atoms with Gasteiger partial charge >= 0.3 is 0 Å². The second kappa shape index (κ2) is 2.52. The first-order valence-electron chi connectivity index (χ1n) is 3.69. The Morgan fingerprint density at radius 3 is 2.85 bits per heavy atom.